The quantitative estimate of drug-likeness (QED) is 0.624. The summed E-state index contributed by atoms with van der Waals surface area (Å²) in [6.45, 7) is 18.2. The zero-order valence-electron chi connectivity index (χ0n) is 11.9. The lowest BCUT2D eigenvalue weighted by molar-refractivity contribution is -0.0919. The zero-order valence-corrected chi connectivity index (χ0v) is 11.9. The standard InChI is InChI=1S/C14H28N2/c1-13(2,3)12-15-8-7-11(9-15)10-16(12)14(4,5)6/h11-12H,7-10H2,1-6H3. The minimum absolute atomic E-state index is 0.291. The van der Waals surface area contributed by atoms with E-state index in [0.717, 1.165) is 5.92 Å². The second kappa shape index (κ2) is 3.71. The van der Waals surface area contributed by atoms with Gasteiger partial charge in [-0.3, -0.25) is 9.80 Å². The van der Waals surface area contributed by atoms with Gasteiger partial charge in [0.1, 0.15) is 0 Å². The minimum Gasteiger partial charge on any atom is -0.287 e. The van der Waals surface area contributed by atoms with Crippen LogP contribution < -0.4 is 0 Å². The molecule has 2 nitrogen and oxygen atoms in total. The van der Waals surface area contributed by atoms with Crippen molar-refractivity contribution in [1.82, 2.24) is 9.80 Å². The zero-order chi connectivity index (χ0) is 12.1. The fourth-order valence-electron chi connectivity index (χ4n) is 3.46. The van der Waals surface area contributed by atoms with Gasteiger partial charge < -0.3 is 0 Å². The summed E-state index contributed by atoms with van der Waals surface area (Å²) in [5.41, 5.74) is 0.641. The molecule has 0 aliphatic carbocycles. The molecular formula is C14H28N2. The third-order valence-corrected chi connectivity index (χ3v) is 4.05. The molecule has 3 unspecified atom stereocenters. The molecule has 3 atom stereocenters. The fourth-order valence-corrected chi connectivity index (χ4v) is 3.46. The Kier molecular flexibility index (Phi) is 2.87. The van der Waals surface area contributed by atoms with Gasteiger partial charge in [-0.05, 0) is 38.5 Å². The van der Waals surface area contributed by atoms with E-state index in [1.165, 1.54) is 26.1 Å². The summed E-state index contributed by atoms with van der Waals surface area (Å²) in [7, 11) is 0. The van der Waals surface area contributed by atoms with E-state index in [2.05, 4.69) is 51.3 Å². The highest BCUT2D eigenvalue weighted by molar-refractivity contribution is 4.98. The van der Waals surface area contributed by atoms with Gasteiger partial charge in [0.15, 0.2) is 0 Å². The molecule has 0 radical (unpaired) electrons. The maximum atomic E-state index is 2.73. The molecule has 2 heteroatoms. The smallest absolute Gasteiger partial charge is 0.0676 e. The Morgan fingerprint density at radius 1 is 0.938 bits per heavy atom. The van der Waals surface area contributed by atoms with E-state index in [1.54, 1.807) is 0 Å². The van der Waals surface area contributed by atoms with Gasteiger partial charge in [0.25, 0.3) is 0 Å². The molecule has 94 valence electrons. The van der Waals surface area contributed by atoms with E-state index >= 15 is 0 Å². The molecule has 0 N–H and O–H groups in total. The van der Waals surface area contributed by atoms with Gasteiger partial charge in [-0.1, -0.05) is 20.8 Å². The summed E-state index contributed by atoms with van der Waals surface area (Å²) < 4.78 is 0. The van der Waals surface area contributed by atoms with Gasteiger partial charge in [0.2, 0.25) is 0 Å². The van der Waals surface area contributed by atoms with Crippen LogP contribution in [0.25, 0.3) is 0 Å². The minimum atomic E-state index is 0.291. The van der Waals surface area contributed by atoms with Crippen LogP contribution in [0.4, 0.5) is 0 Å². The predicted octanol–water partition coefficient (Wildman–Crippen LogP) is 2.79. The molecule has 0 spiro atoms. The van der Waals surface area contributed by atoms with Crippen LogP contribution in [0.3, 0.4) is 0 Å². The van der Waals surface area contributed by atoms with E-state index in [9.17, 15) is 0 Å². The second-order valence-electron chi connectivity index (χ2n) is 7.71. The van der Waals surface area contributed by atoms with E-state index in [0.29, 0.717) is 17.1 Å². The SMILES string of the molecule is CC(C)(C)C1N2CCC(C2)CN1C(C)(C)C. The van der Waals surface area contributed by atoms with Crippen molar-refractivity contribution in [3.63, 3.8) is 0 Å². The van der Waals surface area contributed by atoms with Crippen LogP contribution in [0.1, 0.15) is 48.0 Å². The third-order valence-electron chi connectivity index (χ3n) is 4.05. The van der Waals surface area contributed by atoms with Crippen LogP contribution >= 0.6 is 0 Å². The predicted molar refractivity (Wildman–Crippen MR) is 69.4 cm³/mol. The third kappa shape index (κ3) is 2.14. The monoisotopic (exact) mass is 224 g/mol. The molecule has 0 amide bonds. The van der Waals surface area contributed by atoms with Gasteiger partial charge >= 0.3 is 0 Å². The Hall–Kier alpha value is -0.0800. The molecular weight excluding hydrogens is 196 g/mol. The Balaban J connectivity index is 2.28. The van der Waals surface area contributed by atoms with E-state index < -0.39 is 0 Å². The lowest BCUT2D eigenvalue weighted by atomic mass is 9.85. The maximum absolute atomic E-state index is 2.73. The average Bonchev–Trinajstić information content (AvgIpc) is 2.42. The van der Waals surface area contributed by atoms with Gasteiger partial charge in [-0.15, -0.1) is 0 Å². The van der Waals surface area contributed by atoms with Crippen molar-refractivity contribution in [3.05, 3.63) is 0 Å². The summed E-state index contributed by atoms with van der Waals surface area (Å²) in [6, 6.07) is 0. The van der Waals surface area contributed by atoms with Crippen molar-refractivity contribution in [2.75, 3.05) is 19.6 Å². The molecule has 2 rings (SSSR count). The molecule has 0 aromatic carbocycles. The second-order valence-corrected chi connectivity index (χ2v) is 7.71. The maximum Gasteiger partial charge on any atom is 0.0676 e. The lowest BCUT2D eigenvalue weighted by Gasteiger charge is -2.54. The van der Waals surface area contributed by atoms with E-state index in [1.807, 2.05) is 0 Å². The average molecular weight is 224 g/mol. The molecule has 2 aliphatic rings. The summed E-state index contributed by atoms with van der Waals surface area (Å²) in [6.07, 6.45) is 2.02. The van der Waals surface area contributed by atoms with Crippen molar-refractivity contribution < 1.29 is 0 Å². The highest BCUT2D eigenvalue weighted by atomic mass is 15.4. The van der Waals surface area contributed by atoms with E-state index in [4.69, 9.17) is 0 Å². The largest absolute Gasteiger partial charge is 0.287 e. The summed E-state index contributed by atoms with van der Waals surface area (Å²) in [5, 5.41) is 0. The molecule has 0 aromatic heterocycles. The first-order chi connectivity index (χ1) is 7.19. The van der Waals surface area contributed by atoms with Gasteiger partial charge in [0.05, 0.1) is 6.17 Å². The topological polar surface area (TPSA) is 6.48 Å². The number of fused-ring (bicyclic) bond motifs is 2. The Bertz CT molecular complexity index is 259. The van der Waals surface area contributed by atoms with Crippen molar-refractivity contribution in [3.8, 4) is 0 Å². The normalized spacial score (nSPS) is 36.8. The van der Waals surface area contributed by atoms with Crippen LogP contribution in [0.5, 0.6) is 0 Å². The van der Waals surface area contributed by atoms with Crippen LogP contribution in [0.15, 0.2) is 0 Å². The first-order valence-electron chi connectivity index (χ1n) is 6.70. The molecule has 0 saturated carbocycles. The van der Waals surface area contributed by atoms with Gasteiger partial charge in [-0.2, -0.15) is 0 Å². The lowest BCUT2D eigenvalue weighted by Crippen LogP contribution is -2.63. The van der Waals surface area contributed by atoms with Crippen LogP contribution in [0.2, 0.25) is 0 Å². The Morgan fingerprint density at radius 3 is 2.06 bits per heavy atom. The summed E-state index contributed by atoms with van der Waals surface area (Å²) >= 11 is 0. The number of hydrogen-bond acceptors (Lipinski definition) is 2. The first kappa shape index (κ1) is 12.4. The summed E-state index contributed by atoms with van der Waals surface area (Å²) in [4.78, 5) is 5.44. The number of rotatable bonds is 0. The van der Waals surface area contributed by atoms with Crippen molar-refractivity contribution in [2.45, 2.75) is 59.7 Å². The van der Waals surface area contributed by atoms with Crippen molar-refractivity contribution in [2.24, 2.45) is 11.3 Å². The molecule has 2 bridgehead atoms. The molecule has 2 heterocycles. The molecule has 2 saturated heterocycles. The molecule has 0 aromatic rings. The highest BCUT2D eigenvalue weighted by Crippen LogP contribution is 2.39. The number of hydrogen-bond donors (Lipinski definition) is 0. The van der Waals surface area contributed by atoms with Gasteiger partial charge in [-0.25, -0.2) is 0 Å². The van der Waals surface area contributed by atoms with Crippen LogP contribution in [0, 0.1) is 11.3 Å². The summed E-state index contributed by atoms with van der Waals surface area (Å²) in [5.74, 6) is 0.915. The van der Waals surface area contributed by atoms with Gasteiger partial charge in [0, 0.05) is 25.2 Å². The molecule has 2 aliphatic heterocycles. The van der Waals surface area contributed by atoms with Crippen molar-refractivity contribution in [1.29, 1.82) is 0 Å². The van der Waals surface area contributed by atoms with E-state index in [-0.39, 0.29) is 0 Å². The fraction of sp³-hybridized carbons (Fsp3) is 1.00. The molecule has 2 fully saturated rings. The Morgan fingerprint density at radius 2 is 1.56 bits per heavy atom. The molecule has 16 heavy (non-hydrogen) atoms. The highest BCUT2D eigenvalue weighted by Gasteiger charge is 2.47. The van der Waals surface area contributed by atoms with Crippen LogP contribution in [-0.2, 0) is 0 Å². The Labute approximate surface area is 101 Å². The number of nitrogens with zero attached hydrogens (tertiary/aromatic N) is 2. The van der Waals surface area contributed by atoms with Crippen molar-refractivity contribution >= 4 is 0 Å². The van der Waals surface area contributed by atoms with Crippen LogP contribution in [-0.4, -0.2) is 41.1 Å². The first-order valence-corrected chi connectivity index (χ1v) is 6.70.